The molecule has 6 N–H and O–H groups in total. The van der Waals surface area contributed by atoms with Gasteiger partial charge in [-0.1, -0.05) is 6.08 Å². The predicted molar refractivity (Wildman–Crippen MR) is 173 cm³/mol. The summed E-state index contributed by atoms with van der Waals surface area (Å²) in [6.07, 6.45) is 5.07. The highest BCUT2D eigenvalue weighted by Gasteiger charge is 2.45. The summed E-state index contributed by atoms with van der Waals surface area (Å²) in [5.74, 6) is -1.25. The number of fused-ring (bicyclic) bond motifs is 3. The first-order valence-electron chi connectivity index (χ1n) is 15.7. The van der Waals surface area contributed by atoms with Gasteiger partial charge in [0.05, 0.1) is 42.6 Å². The number of nitrogens with zero attached hydrogens (tertiary/aromatic N) is 5. The van der Waals surface area contributed by atoms with Crippen LogP contribution in [0.1, 0.15) is 43.4 Å². The average molecular weight is 680 g/mol. The molecule has 0 radical (unpaired) electrons. The quantitative estimate of drug-likeness (QED) is 0.138. The Morgan fingerprint density at radius 3 is 2.78 bits per heavy atom. The molecule has 0 aliphatic carbocycles. The van der Waals surface area contributed by atoms with E-state index < -0.39 is 36.5 Å². The number of carbonyl (C=O) groups is 3. The van der Waals surface area contributed by atoms with E-state index in [4.69, 9.17) is 24.7 Å². The van der Waals surface area contributed by atoms with Crippen LogP contribution < -0.4 is 25.3 Å². The van der Waals surface area contributed by atoms with Crippen LogP contribution in [0.2, 0.25) is 0 Å². The van der Waals surface area contributed by atoms with Crippen molar-refractivity contribution in [3.05, 3.63) is 46.5 Å². The molecule has 0 aromatic heterocycles. The number of guanidine groups is 1. The van der Waals surface area contributed by atoms with E-state index in [9.17, 15) is 29.7 Å². The molecular weight excluding hydrogens is 642 g/mol. The fourth-order valence-corrected chi connectivity index (χ4v) is 6.47. The minimum absolute atomic E-state index is 0.00520. The van der Waals surface area contributed by atoms with Crippen LogP contribution >= 0.6 is 0 Å². The van der Waals surface area contributed by atoms with Gasteiger partial charge in [-0.25, -0.2) is 4.79 Å². The maximum Gasteiger partial charge on any atom is 0.375 e. The third-order valence-corrected chi connectivity index (χ3v) is 8.82. The Morgan fingerprint density at radius 1 is 1.29 bits per heavy atom. The SMILES string of the molecule is CCOC(=O)C1=C(C=O)C(=CCN2C=CNC2N2CN=C3C(=O)N=C(N)N=C32)c2c(OC)c3c(c(CO)c2O1)OC(C(C)(O)CCCO)C3. The number of hydrogen-bond donors (Lipinski definition) is 5. The van der Waals surface area contributed by atoms with E-state index in [1.54, 1.807) is 37.2 Å². The standard InChI is InChI=1S/C32H37N7O10/c1-4-47-29(44)26-18(13-41)16(6-9-38-10-8-34-31(38)39-15-35-22-27(39)36-30(33)37-28(22)43)21-24(46-3)17-12-20(32(2,45)7-5-11-40)48-23(17)19(14-42)25(21)49-26/h6,8,10,13,20,31,34,40,42,45H,4-5,7,9,11-12,14-15H2,1-3H3,(H2,33,37,43). The number of carbonyl (C=O) groups excluding carboxylic acids is 3. The normalized spacial score (nSPS) is 22.7. The lowest BCUT2D eigenvalue weighted by Gasteiger charge is -2.34. The molecule has 5 aliphatic heterocycles. The van der Waals surface area contributed by atoms with Crippen molar-refractivity contribution in [2.45, 2.75) is 57.7 Å². The Morgan fingerprint density at radius 2 is 2.08 bits per heavy atom. The monoisotopic (exact) mass is 679 g/mol. The topological polar surface area (TPSA) is 230 Å². The van der Waals surface area contributed by atoms with E-state index in [0.29, 0.717) is 23.8 Å². The largest absolute Gasteiger partial charge is 0.496 e. The Labute approximate surface area is 280 Å². The van der Waals surface area contributed by atoms with Crippen molar-refractivity contribution in [2.24, 2.45) is 20.7 Å². The number of amidine groups is 1. The Bertz CT molecular complexity index is 1780. The lowest BCUT2D eigenvalue weighted by atomic mass is 9.86. The van der Waals surface area contributed by atoms with Gasteiger partial charge in [0, 0.05) is 43.1 Å². The zero-order valence-electron chi connectivity index (χ0n) is 27.1. The summed E-state index contributed by atoms with van der Waals surface area (Å²) < 4.78 is 23.5. The van der Waals surface area contributed by atoms with Gasteiger partial charge in [0.2, 0.25) is 11.7 Å². The third-order valence-electron chi connectivity index (χ3n) is 8.82. The van der Waals surface area contributed by atoms with Crippen molar-refractivity contribution in [1.29, 1.82) is 0 Å². The summed E-state index contributed by atoms with van der Waals surface area (Å²) in [6, 6.07) is 0. The Balaban J connectivity index is 1.44. The van der Waals surface area contributed by atoms with Crippen LogP contribution in [0.3, 0.4) is 0 Å². The van der Waals surface area contributed by atoms with Crippen molar-refractivity contribution >= 4 is 41.2 Å². The van der Waals surface area contributed by atoms with E-state index in [0.717, 1.165) is 0 Å². The first kappa shape index (κ1) is 33.6. The average Bonchev–Trinajstić information content (AvgIpc) is 3.83. The maximum atomic E-state index is 13.2. The van der Waals surface area contributed by atoms with Crippen molar-refractivity contribution < 1.29 is 48.7 Å². The minimum Gasteiger partial charge on any atom is -0.496 e. The maximum absolute atomic E-state index is 13.2. The summed E-state index contributed by atoms with van der Waals surface area (Å²) in [4.78, 5) is 54.1. The highest BCUT2D eigenvalue weighted by Crippen LogP contribution is 2.54. The van der Waals surface area contributed by atoms with Crippen molar-refractivity contribution in [1.82, 2.24) is 15.1 Å². The molecule has 3 atom stereocenters. The molecule has 6 rings (SSSR count). The van der Waals surface area contributed by atoms with Gasteiger partial charge in [-0.2, -0.15) is 9.98 Å². The number of hydrogen-bond acceptors (Lipinski definition) is 16. The van der Waals surface area contributed by atoms with Crippen LogP contribution in [0.15, 0.2) is 44.8 Å². The number of rotatable bonds is 12. The van der Waals surface area contributed by atoms with Gasteiger partial charge in [-0.05, 0) is 26.7 Å². The van der Waals surface area contributed by atoms with Gasteiger partial charge in [0.25, 0.3) is 0 Å². The predicted octanol–water partition coefficient (Wildman–Crippen LogP) is -0.566. The summed E-state index contributed by atoms with van der Waals surface area (Å²) in [7, 11) is 1.43. The minimum atomic E-state index is -1.35. The number of allylic oxidation sites excluding steroid dienone is 2. The first-order chi connectivity index (χ1) is 23.6. The fraction of sp³-hybridized carbons (Fsp3) is 0.438. The number of methoxy groups -OCH3 is 1. The molecule has 49 heavy (non-hydrogen) atoms. The number of aliphatic hydroxyl groups excluding tert-OH is 2. The van der Waals surface area contributed by atoms with Gasteiger partial charge in [0.15, 0.2) is 24.1 Å². The van der Waals surface area contributed by atoms with Crippen LogP contribution in [0, 0.1) is 0 Å². The Kier molecular flexibility index (Phi) is 9.15. The molecule has 1 aromatic carbocycles. The van der Waals surface area contributed by atoms with Gasteiger partial charge in [-0.15, -0.1) is 0 Å². The summed E-state index contributed by atoms with van der Waals surface area (Å²) in [5, 5.41) is 34.5. The fourth-order valence-electron chi connectivity index (χ4n) is 6.47. The second-order valence-electron chi connectivity index (χ2n) is 11.9. The number of aliphatic hydroxyl groups is 3. The molecule has 5 heterocycles. The van der Waals surface area contributed by atoms with E-state index in [1.165, 1.54) is 7.11 Å². The van der Waals surface area contributed by atoms with Gasteiger partial charge >= 0.3 is 11.9 Å². The van der Waals surface area contributed by atoms with E-state index in [1.807, 2.05) is 4.90 Å². The number of esters is 1. The van der Waals surface area contributed by atoms with E-state index in [2.05, 4.69) is 20.3 Å². The van der Waals surface area contributed by atoms with Crippen LogP contribution in [0.4, 0.5) is 0 Å². The molecule has 3 unspecified atom stereocenters. The molecule has 0 saturated heterocycles. The van der Waals surface area contributed by atoms with Crippen LogP contribution in [-0.4, -0.2) is 112 Å². The summed E-state index contributed by atoms with van der Waals surface area (Å²) >= 11 is 0. The number of benzene rings is 1. The first-order valence-corrected chi connectivity index (χ1v) is 15.7. The molecule has 17 heteroatoms. The van der Waals surface area contributed by atoms with Crippen molar-refractivity contribution in [3.8, 4) is 17.2 Å². The molecule has 0 fully saturated rings. The van der Waals surface area contributed by atoms with Crippen molar-refractivity contribution in [2.75, 3.05) is 33.5 Å². The number of ether oxygens (including phenoxy) is 4. The smallest absolute Gasteiger partial charge is 0.375 e. The third kappa shape index (κ3) is 5.78. The highest BCUT2D eigenvalue weighted by molar-refractivity contribution is 6.69. The zero-order valence-corrected chi connectivity index (χ0v) is 27.1. The zero-order chi connectivity index (χ0) is 35.0. The molecule has 17 nitrogen and oxygen atoms in total. The lowest BCUT2D eigenvalue weighted by molar-refractivity contribution is -0.141. The number of nitrogens with one attached hydrogen (secondary N) is 1. The highest BCUT2D eigenvalue weighted by atomic mass is 16.6. The molecule has 0 spiro atoms. The van der Waals surface area contributed by atoms with Crippen LogP contribution in [0.25, 0.3) is 5.57 Å². The van der Waals surface area contributed by atoms with Crippen molar-refractivity contribution in [3.63, 3.8) is 0 Å². The second-order valence-corrected chi connectivity index (χ2v) is 11.9. The lowest BCUT2D eigenvalue weighted by Crippen LogP contribution is -2.53. The van der Waals surface area contributed by atoms with Crippen LogP contribution in [-0.2, 0) is 32.1 Å². The molecule has 1 aromatic rings. The van der Waals surface area contributed by atoms with E-state index in [-0.39, 0.29) is 96.5 Å². The van der Waals surface area contributed by atoms with Crippen LogP contribution in [0.5, 0.6) is 17.2 Å². The Hall–Kier alpha value is -5.26. The molecule has 0 saturated carbocycles. The number of aldehydes is 1. The summed E-state index contributed by atoms with van der Waals surface area (Å²) in [6.45, 7) is 2.77. The second kappa shape index (κ2) is 13.3. The van der Waals surface area contributed by atoms with Gasteiger partial charge in [-0.3, -0.25) is 19.5 Å². The molecular formula is C32H37N7O10. The molecule has 260 valence electrons. The molecule has 1 amide bonds. The van der Waals surface area contributed by atoms with Gasteiger partial charge < -0.3 is 50.2 Å². The number of aliphatic imine (C=N–C) groups is 3. The van der Waals surface area contributed by atoms with E-state index >= 15 is 0 Å². The molecule has 0 bridgehead atoms. The summed E-state index contributed by atoms with van der Waals surface area (Å²) in [5.41, 5.74) is 5.67. The number of nitrogens with two attached hydrogens (primary N) is 1. The molecule has 5 aliphatic rings. The number of amides is 1. The van der Waals surface area contributed by atoms with Gasteiger partial charge in [0.1, 0.15) is 30.0 Å².